The first-order valence-corrected chi connectivity index (χ1v) is 3.60. The molecular weight excluding hydrogens is 190 g/mol. The van der Waals surface area contributed by atoms with Gasteiger partial charge in [-0.2, -0.15) is 30.1 Å². The molecule has 0 aliphatic rings. The molecule has 0 aliphatic heterocycles. The summed E-state index contributed by atoms with van der Waals surface area (Å²) in [7, 11) is 0. The molecule has 1 heterocycles. The standard InChI is InChI=1S/C5H6N.C5H5.Fe/c1-5-3-2-4-6-5;1-2-4-5-3-1;/h2-4H,1H3;1-5H;/q2*-1;+2. The van der Waals surface area contributed by atoms with Crippen LogP contribution in [0.15, 0.2) is 48.7 Å². The summed E-state index contributed by atoms with van der Waals surface area (Å²) in [6.45, 7) is 1.97. The molecule has 0 bridgehead atoms. The van der Waals surface area contributed by atoms with Gasteiger partial charge < -0.3 is 4.98 Å². The first-order valence-electron chi connectivity index (χ1n) is 3.60. The molecule has 0 saturated carbocycles. The van der Waals surface area contributed by atoms with Gasteiger partial charge in [-0.25, -0.2) is 12.1 Å². The van der Waals surface area contributed by atoms with Crippen LogP contribution in [0, 0.1) is 6.92 Å². The summed E-state index contributed by atoms with van der Waals surface area (Å²) in [6.07, 6.45) is 1.79. The zero-order chi connectivity index (χ0) is 7.94. The molecule has 1 nitrogen and oxygen atoms in total. The third-order valence-corrected chi connectivity index (χ3v) is 1.26. The molecule has 0 spiro atoms. The zero-order valence-electron chi connectivity index (χ0n) is 6.92. The molecule has 0 radical (unpaired) electrons. The normalized spacial score (nSPS) is 7.75. The fourth-order valence-corrected chi connectivity index (χ4v) is 0.707. The maximum Gasteiger partial charge on any atom is 2.00 e. The zero-order valence-corrected chi connectivity index (χ0v) is 8.02. The van der Waals surface area contributed by atoms with E-state index in [4.69, 9.17) is 0 Å². The van der Waals surface area contributed by atoms with Crippen LogP contribution in [0.3, 0.4) is 0 Å². The fourth-order valence-electron chi connectivity index (χ4n) is 0.707. The monoisotopic (exact) mass is 201 g/mol. The Morgan fingerprint density at radius 1 is 1.17 bits per heavy atom. The molecule has 1 aromatic carbocycles. The number of nitrogens with zero attached hydrogens (tertiary/aromatic N) is 1. The predicted octanol–water partition coefficient (Wildman–Crippen LogP) is 2.36. The number of aryl methyl sites for hydroxylation is 1. The quantitative estimate of drug-likeness (QED) is 0.471. The Hall–Kier alpha value is -0.851. The van der Waals surface area contributed by atoms with Crippen molar-refractivity contribution >= 4 is 0 Å². The van der Waals surface area contributed by atoms with Gasteiger partial charge in [0.1, 0.15) is 0 Å². The van der Waals surface area contributed by atoms with Gasteiger partial charge in [0.15, 0.2) is 0 Å². The largest absolute Gasteiger partial charge is 2.00 e. The SMILES string of the molecule is Cc1ccc[n-]1.[Fe+2].c1cc[cH-]c1. The van der Waals surface area contributed by atoms with Crippen molar-refractivity contribution in [2.24, 2.45) is 0 Å². The molecule has 2 aromatic rings. The Morgan fingerprint density at radius 3 is 2.00 bits per heavy atom. The van der Waals surface area contributed by atoms with E-state index >= 15 is 0 Å². The van der Waals surface area contributed by atoms with Crippen LogP contribution in [0.5, 0.6) is 0 Å². The molecular formula is C10H11FeN. The smallest absolute Gasteiger partial charge is 0.668 e. The summed E-state index contributed by atoms with van der Waals surface area (Å²) in [4.78, 5) is 3.92. The van der Waals surface area contributed by atoms with Crippen LogP contribution in [0.1, 0.15) is 5.69 Å². The summed E-state index contributed by atoms with van der Waals surface area (Å²) in [5.41, 5.74) is 1.09. The number of rotatable bonds is 0. The van der Waals surface area contributed by atoms with Gasteiger partial charge in [0, 0.05) is 0 Å². The number of aromatic nitrogens is 1. The summed E-state index contributed by atoms with van der Waals surface area (Å²) < 4.78 is 0. The molecule has 0 aliphatic carbocycles. The molecule has 2 rings (SSSR count). The summed E-state index contributed by atoms with van der Waals surface area (Å²) in [5.74, 6) is 0. The van der Waals surface area contributed by atoms with Crippen molar-refractivity contribution in [2.45, 2.75) is 6.92 Å². The summed E-state index contributed by atoms with van der Waals surface area (Å²) in [6, 6.07) is 13.9. The molecule has 12 heavy (non-hydrogen) atoms. The van der Waals surface area contributed by atoms with E-state index in [1.165, 1.54) is 0 Å². The molecule has 0 atom stereocenters. The maximum atomic E-state index is 3.92. The molecule has 2 heteroatoms. The van der Waals surface area contributed by atoms with Crippen molar-refractivity contribution in [1.29, 1.82) is 0 Å². The Bertz CT molecular complexity index is 228. The van der Waals surface area contributed by atoms with Crippen molar-refractivity contribution in [2.75, 3.05) is 0 Å². The molecule has 64 valence electrons. The van der Waals surface area contributed by atoms with Crippen LogP contribution in [0.25, 0.3) is 0 Å². The van der Waals surface area contributed by atoms with Gasteiger partial charge in [-0.1, -0.05) is 19.1 Å². The second-order valence-corrected chi connectivity index (χ2v) is 2.24. The predicted molar refractivity (Wildman–Crippen MR) is 46.5 cm³/mol. The molecule has 0 unspecified atom stereocenters. The van der Waals surface area contributed by atoms with Crippen molar-refractivity contribution in [1.82, 2.24) is 4.98 Å². The van der Waals surface area contributed by atoms with Crippen LogP contribution in [-0.4, -0.2) is 0 Å². The van der Waals surface area contributed by atoms with Crippen LogP contribution in [0.2, 0.25) is 0 Å². The van der Waals surface area contributed by atoms with Gasteiger partial charge in [-0.15, -0.1) is 0 Å². The number of hydrogen-bond donors (Lipinski definition) is 0. The van der Waals surface area contributed by atoms with Gasteiger partial charge in [-0.05, 0) is 0 Å². The first-order chi connectivity index (χ1) is 5.39. The number of hydrogen-bond acceptors (Lipinski definition) is 0. The topological polar surface area (TPSA) is 14.1 Å². The van der Waals surface area contributed by atoms with Crippen molar-refractivity contribution in [3.05, 3.63) is 54.4 Å². The average molecular weight is 201 g/mol. The fraction of sp³-hybridized carbons (Fsp3) is 0.100. The third-order valence-electron chi connectivity index (χ3n) is 1.26. The Morgan fingerprint density at radius 2 is 1.83 bits per heavy atom. The van der Waals surface area contributed by atoms with Gasteiger partial charge in [0.2, 0.25) is 0 Å². The van der Waals surface area contributed by atoms with Crippen LogP contribution >= 0.6 is 0 Å². The van der Waals surface area contributed by atoms with E-state index in [2.05, 4.69) is 4.98 Å². The molecule has 0 N–H and O–H groups in total. The third kappa shape index (κ3) is 4.89. The van der Waals surface area contributed by atoms with E-state index in [0.29, 0.717) is 0 Å². The average Bonchev–Trinajstić information content (AvgIpc) is 2.57. The summed E-state index contributed by atoms with van der Waals surface area (Å²) >= 11 is 0. The van der Waals surface area contributed by atoms with E-state index < -0.39 is 0 Å². The van der Waals surface area contributed by atoms with Crippen LogP contribution < -0.4 is 4.98 Å². The molecule has 0 fully saturated rings. The van der Waals surface area contributed by atoms with Crippen molar-refractivity contribution < 1.29 is 17.1 Å². The molecule has 0 amide bonds. The van der Waals surface area contributed by atoms with Gasteiger partial charge in [0.05, 0.1) is 0 Å². The van der Waals surface area contributed by atoms with Gasteiger partial charge >= 0.3 is 17.1 Å². The van der Waals surface area contributed by atoms with Crippen LogP contribution in [-0.2, 0) is 17.1 Å². The summed E-state index contributed by atoms with van der Waals surface area (Å²) in [5, 5.41) is 0. The Kier molecular flexibility index (Phi) is 6.35. The van der Waals surface area contributed by atoms with E-state index in [0.717, 1.165) is 5.69 Å². The maximum absolute atomic E-state index is 3.92. The van der Waals surface area contributed by atoms with Crippen LogP contribution in [0.4, 0.5) is 0 Å². The second-order valence-electron chi connectivity index (χ2n) is 2.24. The molecule has 1 aromatic heterocycles. The first kappa shape index (κ1) is 11.1. The van der Waals surface area contributed by atoms with E-state index in [-0.39, 0.29) is 17.1 Å². The van der Waals surface area contributed by atoms with Crippen molar-refractivity contribution in [3.8, 4) is 0 Å². The molecule has 0 saturated heterocycles. The Labute approximate surface area is 83.7 Å². The van der Waals surface area contributed by atoms with Gasteiger partial charge in [-0.3, -0.25) is 0 Å². The minimum atomic E-state index is 0. The van der Waals surface area contributed by atoms with Crippen molar-refractivity contribution in [3.63, 3.8) is 0 Å². The minimum absolute atomic E-state index is 0. The minimum Gasteiger partial charge on any atom is -0.668 e. The van der Waals surface area contributed by atoms with E-state index in [1.54, 1.807) is 6.20 Å². The van der Waals surface area contributed by atoms with E-state index in [1.807, 2.05) is 49.4 Å². The second kappa shape index (κ2) is 6.83. The van der Waals surface area contributed by atoms with E-state index in [9.17, 15) is 0 Å². The van der Waals surface area contributed by atoms with Gasteiger partial charge in [0.25, 0.3) is 0 Å². The Balaban J connectivity index is 0.000000189.